The smallest absolute Gasteiger partial charge is 0.344 e. The summed E-state index contributed by atoms with van der Waals surface area (Å²) in [5.74, 6) is 1.58. The molecule has 0 fully saturated rings. The molecule has 3 aromatic rings. The molecule has 31 heavy (non-hydrogen) atoms. The third-order valence-corrected chi connectivity index (χ3v) is 4.36. The van der Waals surface area contributed by atoms with Gasteiger partial charge < -0.3 is 24.1 Å². The molecular weight excluding hydrogens is 398 g/mol. The van der Waals surface area contributed by atoms with Crippen molar-refractivity contribution in [3.8, 4) is 28.7 Å². The van der Waals surface area contributed by atoms with Gasteiger partial charge in [0.1, 0.15) is 5.75 Å². The van der Waals surface area contributed by atoms with E-state index >= 15 is 0 Å². The molecule has 0 spiro atoms. The summed E-state index contributed by atoms with van der Waals surface area (Å²) in [6.45, 7) is 1.45. The first-order valence-corrected chi connectivity index (χ1v) is 9.53. The summed E-state index contributed by atoms with van der Waals surface area (Å²) >= 11 is 0. The van der Waals surface area contributed by atoms with Gasteiger partial charge in [-0.05, 0) is 55.5 Å². The largest absolute Gasteiger partial charge is 0.493 e. The number of rotatable bonds is 9. The minimum atomic E-state index is -1.07. The second kappa shape index (κ2) is 10.2. The number of methoxy groups -OCH3 is 2. The van der Waals surface area contributed by atoms with E-state index in [2.05, 4.69) is 4.99 Å². The molecule has 3 rings (SSSR count). The van der Waals surface area contributed by atoms with Crippen LogP contribution in [-0.2, 0) is 4.79 Å². The topological polar surface area (TPSA) is 86.6 Å². The molecule has 160 valence electrons. The molecule has 3 aromatic carbocycles. The quantitative estimate of drug-likeness (QED) is 0.484. The lowest BCUT2D eigenvalue weighted by Gasteiger charge is -2.15. The molecule has 0 radical (unpaired) electrons. The van der Waals surface area contributed by atoms with Gasteiger partial charge >= 0.3 is 5.97 Å². The zero-order valence-corrected chi connectivity index (χ0v) is 17.4. The summed E-state index contributed by atoms with van der Waals surface area (Å²) in [6.07, 6.45) is 0.567. The van der Waals surface area contributed by atoms with Crippen LogP contribution < -0.4 is 18.9 Å². The average Bonchev–Trinajstić information content (AvgIpc) is 2.79. The number of carboxylic acid groups (broad SMARTS) is 1. The second-order valence-electron chi connectivity index (χ2n) is 6.48. The van der Waals surface area contributed by atoms with Crippen LogP contribution in [0.4, 0.5) is 5.69 Å². The first-order valence-electron chi connectivity index (χ1n) is 9.53. The van der Waals surface area contributed by atoms with Gasteiger partial charge in [0, 0.05) is 11.8 Å². The molecule has 0 bridgehead atoms. The highest BCUT2D eigenvalue weighted by Gasteiger charge is 2.17. The fourth-order valence-corrected chi connectivity index (χ4v) is 2.72. The van der Waals surface area contributed by atoms with Gasteiger partial charge in [-0.1, -0.05) is 18.2 Å². The van der Waals surface area contributed by atoms with Gasteiger partial charge in [-0.15, -0.1) is 0 Å². The molecule has 0 heterocycles. The van der Waals surface area contributed by atoms with Crippen LogP contribution in [0.3, 0.4) is 0 Å². The molecule has 0 aliphatic rings. The highest BCUT2D eigenvalue weighted by Crippen LogP contribution is 2.33. The van der Waals surface area contributed by atoms with E-state index in [4.69, 9.17) is 24.1 Å². The van der Waals surface area contributed by atoms with Crippen molar-refractivity contribution in [3.05, 3.63) is 72.3 Å². The minimum absolute atomic E-state index is 0.319. The van der Waals surface area contributed by atoms with Crippen LogP contribution >= 0.6 is 0 Å². The van der Waals surface area contributed by atoms with E-state index in [1.165, 1.54) is 14.0 Å². The predicted octanol–water partition coefficient (Wildman–Crippen LogP) is 5.10. The second-order valence-corrected chi connectivity index (χ2v) is 6.48. The number of nitrogens with zero attached hydrogens (tertiary/aromatic N) is 1. The maximum atomic E-state index is 11.2. The van der Waals surface area contributed by atoms with Crippen molar-refractivity contribution < 1.29 is 28.8 Å². The molecule has 0 saturated heterocycles. The summed E-state index contributed by atoms with van der Waals surface area (Å²) in [4.78, 5) is 15.6. The van der Waals surface area contributed by atoms with E-state index in [1.54, 1.807) is 43.7 Å². The van der Waals surface area contributed by atoms with E-state index in [9.17, 15) is 4.79 Å². The van der Waals surface area contributed by atoms with Gasteiger partial charge in [0.25, 0.3) is 0 Å². The van der Waals surface area contributed by atoms with Gasteiger partial charge in [0.05, 0.1) is 19.9 Å². The van der Waals surface area contributed by atoms with E-state index in [0.29, 0.717) is 40.0 Å². The van der Waals surface area contributed by atoms with E-state index in [0.717, 1.165) is 0 Å². The van der Waals surface area contributed by atoms with Crippen molar-refractivity contribution in [3.63, 3.8) is 0 Å². The Labute approximate surface area is 180 Å². The summed E-state index contributed by atoms with van der Waals surface area (Å²) < 4.78 is 22.0. The molecule has 0 amide bonds. The van der Waals surface area contributed by atoms with Gasteiger partial charge in [-0.3, -0.25) is 4.99 Å². The Balaban J connectivity index is 1.78. The number of carboxylic acids is 1. The molecule has 0 aliphatic carbocycles. The average molecular weight is 421 g/mol. The molecule has 7 nitrogen and oxygen atoms in total. The summed E-state index contributed by atoms with van der Waals surface area (Å²) in [5.41, 5.74) is 1.29. The minimum Gasteiger partial charge on any atom is -0.493 e. The fourth-order valence-electron chi connectivity index (χ4n) is 2.72. The first-order chi connectivity index (χ1) is 15.0. The SMILES string of the molecule is COc1ccccc1Oc1ccc(N=Cc2cccc(OC)c2O[C@@H](C)C(=O)O)cc1. The number of carbonyl (C=O) groups is 1. The van der Waals surface area contributed by atoms with Crippen LogP contribution in [0.5, 0.6) is 28.7 Å². The normalized spacial score (nSPS) is 11.7. The van der Waals surface area contributed by atoms with Crippen LogP contribution in [0, 0.1) is 0 Å². The lowest BCUT2D eigenvalue weighted by molar-refractivity contribution is -0.144. The molecule has 7 heteroatoms. The standard InChI is InChI=1S/C24H23NO6/c1-16(24(26)27)30-23-17(7-6-10-22(23)29-3)15-25-18-11-13-19(14-12-18)31-21-9-5-4-8-20(21)28-2/h4-16H,1-3H3,(H,26,27)/t16-/m0/s1. The number of ether oxygens (including phenoxy) is 4. The Hall–Kier alpha value is -4.00. The van der Waals surface area contributed by atoms with Crippen molar-refractivity contribution in [2.75, 3.05) is 14.2 Å². The van der Waals surface area contributed by atoms with E-state index in [-0.39, 0.29) is 0 Å². The van der Waals surface area contributed by atoms with Crippen molar-refractivity contribution in [1.29, 1.82) is 0 Å². The zero-order valence-electron chi connectivity index (χ0n) is 17.4. The summed E-state index contributed by atoms with van der Waals surface area (Å²) in [7, 11) is 3.09. The highest BCUT2D eigenvalue weighted by atomic mass is 16.5. The van der Waals surface area contributed by atoms with Crippen LogP contribution in [0.1, 0.15) is 12.5 Å². The van der Waals surface area contributed by atoms with Crippen LogP contribution in [-0.4, -0.2) is 37.6 Å². The van der Waals surface area contributed by atoms with Gasteiger partial charge in [0.15, 0.2) is 29.1 Å². The van der Waals surface area contributed by atoms with Crippen molar-refractivity contribution >= 4 is 17.9 Å². The molecule has 0 aliphatic heterocycles. The Morgan fingerprint density at radius 2 is 1.55 bits per heavy atom. The molecule has 1 atom stereocenters. The van der Waals surface area contributed by atoms with Crippen molar-refractivity contribution in [1.82, 2.24) is 0 Å². The number of aliphatic carboxylic acids is 1. The number of para-hydroxylation sites is 3. The molecule has 0 saturated carbocycles. The van der Waals surface area contributed by atoms with Crippen LogP contribution in [0.25, 0.3) is 0 Å². The van der Waals surface area contributed by atoms with Gasteiger partial charge in [-0.2, -0.15) is 0 Å². The lowest BCUT2D eigenvalue weighted by Crippen LogP contribution is -2.23. The Morgan fingerprint density at radius 3 is 2.19 bits per heavy atom. The third-order valence-electron chi connectivity index (χ3n) is 4.36. The molecule has 0 unspecified atom stereocenters. The zero-order chi connectivity index (χ0) is 22.2. The van der Waals surface area contributed by atoms with Gasteiger partial charge in [-0.25, -0.2) is 4.79 Å². The Morgan fingerprint density at radius 1 is 0.903 bits per heavy atom. The Kier molecular flexibility index (Phi) is 7.11. The third kappa shape index (κ3) is 5.54. The number of hydrogen-bond donors (Lipinski definition) is 1. The summed E-state index contributed by atoms with van der Waals surface area (Å²) in [6, 6.07) is 19.9. The first kappa shape index (κ1) is 21.7. The highest BCUT2D eigenvalue weighted by molar-refractivity contribution is 5.87. The Bertz CT molecular complexity index is 1060. The van der Waals surface area contributed by atoms with E-state index in [1.807, 2.05) is 36.4 Å². The maximum Gasteiger partial charge on any atom is 0.344 e. The summed E-state index contributed by atoms with van der Waals surface area (Å²) in [5, 5.41) is 9.15. The fraction of sp³-hybridized carbons (Fsp3) is 0.167. The molecular formula is C24H23NO6. The van der Waals surface area contributed by atoms with Crippen LogP contribution in [0.15, 0.2) is 71.7 Å². The van der Waals surface area contributed by atoms with E-state index < -0.39 is 12.1 Å². The maximum absolute atomic E-state index is 11.2. The predicted molar refractivity (Wildman–Crippen MR) is 117 cm³/mol. The lowest BCUT2D eigenvalue weighted by atomic mass is 10.2. The van der Waals surface area contributed by atoms with Crippen molar-refractivity contribution in [2.45, 2.75) is 13.0 Å². The monoisotopic (exact) mass is 421 g/mol. The molecule has 0 aromatic heterocycles. The number of benzene rings is 3. The molecule has 1 N–H and O–H groups in total. The van der Waals surface area contributed by atoms with Gasteiger partial charge in [0.2, 0.25) is 0 Å². The number of aliphatic imine (C=N–C) groups is 1. The number of hydrogen-bond acceptors (Lipinski definition) is 6. The van der Waals surface area contributed by atoms with Crippen LogP contribution in [0.2, 0.25) is 0 Å². The van der Waals surface area contributed by atoms with Crippen molar-refractivity contribution in [2.24, 2.45) is 4.99 Å².